The minimum atomic E-state index is -2.01. The first kappa shape index (κ1) is 21.5. The molecule has 3 N–H and O–H groups in total. The number of aliphatic hydroxyl groups is 1. The van der Waals surface area contributed by atoms with Gasteiger partial charge in [0.15, 0.2) is 0 Å². The summed E-state index contributed by atoms with van der Waals surface area (Å²) in [5.41, 5.74) is 1.01. The molecule has 33 heavy (non-hydrogen) atoms. The fourth-order valence-corrected chi connectivity index (χ4v) is 4.35. The van der Waals surface area contributed by atoms with Crippen LogP contribution in [-0.4, -0.2) is 50.1 Å². The molecule has 0 saturated heterocycles. The predicted molar refractivity (Wildman–Crippen MR) is 124 cm³/mol. The minimum Gasteiger partial charge on any atom is -0.380 e. The van der Waals surface area contributed by atoms with Crippen LogP contribution in [0.25, 0.3) is 0 Å². The Labute approximate surface area is 194 Å². The molecule has 7 nitrogen and oxygen atoms in total. The Bertz CT molecular complexity index is 1300. The zero-order valence-electron chi connectivity index (χ0n) is 17.8. The normalized spacial score (nSPS) is 20.7. The molecule has 1 atom stereocenters. The maximum atomic E-state index is 14.1. The highest BCUT2D eigenvalue weighted by atomic mass is 19.1. The number of hydrogen-bond acceptors (Lipinski definition) is 6. The largest absolute Gasteiger partial charge is 0.380 e. The van der Waals surface area contributed by atoms with Crippen molar-refractivity contribution in [3.8, 4) is 0 Å². The van der Waals surface area contributed by atoms with Gasteiger partial charge in [-0.15, -0.1) is 0 Å². The number of halogens is 1. The number of rotatable bonds is 3. The number of nitrogens with zero attached hydrogens (tertiary/aromatic N) is 3. The van der Waals surface area contributed by atoms with E-state index in [4.69, 9.17) is 23.5 Å². The van der Waals surface area contributed by atoms with Crippen molar-refractivity contribution < 1.29 is 14.3 Å². The molecule has 2 aromatic heterocycles. The van der Waals surface area contributed by atoms with Gasteiger partial charge in [-0.3, -0.25) is 9.78 Å². The summed E-state index contributed by atoms with van der Waals surface area (Å²) in [4.78, 5) is 22.2. The quantitative estimate of drug-likeness (QED) is 0.537. The topological polar surface area (TPSA) is 90.4 Å². The molecule has 1 amide bonds. The SMILES string of the molecule is [B]C1(O)Cc2ncc(Nc3ccccc3F)cc2C([B])([B])N1c1nc2c(cc1C)C(=O)NC2. The molecule has 11 heteroatoms. The monoisotopic (exact) mass is 435 g/mol. The molecule has 2 aliphatic rings. The molecule has 2 aliphatic heterocycles. The van der Waals surface area contributed by atoms with E-state index < -0.39 is 16.8 Å². The van der Waals surface area contributed by atoms with E-state index in [1.165, 1.54) is 17.2 Å². The number of anilines is 3. The Morgan fingerprint density at radius 2 is 1.97 bits per heavy atom. The second kappa shape index (κ2) is 7.35. The molecule has 3 aromatic rings. The highest BCUT2D eigenvalue weighted by Crippen LogP contribution is 2.42. The average molecular weight is 435 g/mol. The Kier molecular flexibility index (Phi) is 4.79. The second-order valence-corrected chi connectivity index (χ2v) is 8.34. The number of nitrogens with one attached hydrogen (secondary N) is 2. The third-order valence-electron chi connectivity index (χ3n) is 5.88. The van der Waals surface area contributed by atoms with Crippen molar-refractivity contribution in [1.29, 1.82) is 0 Å². The number of pyridine rings is 2. The van der Waals surface area contributed by atoms with Gasteiger partial charge in [-0.2, -0.15) is 0 Å². The van der Waals surface area contributed by atoms with Crippen LogP contribution in [0.3, 0.4) is 0 Å². The Hall–Kier alpha value is -3.33. The molecule has 6 radical (unpaired) electrons. The summed E-state index contributed by atoms with van der Waals surface area (Å²) < 4.78 is 14.1. The standard InChI is InChI=1S/C22H17B3FN5O2/c1-11-6-13-18(10-28-20(13)32)30-19(11)31-21(23,33)8-17-14(22(31,24)25)7-12(9-27-17)29-16-5-3-2-4-15(16)26/h2-7,9,29,33H,8,10H2,1H3,(H,28,32). The van der Waals surface area contributed by atoms with Crippen LogP contribution in [0, 0.1) is 12.7 Å². The molecular formula is C22H17B3FN5O2. The van der Waals surface area contributed by atoms with Crippen LogP contribution in [0.15, 0.2) is 42.6 Å². The third-order valence-corrected chi connectivity index (χ3v) is 5.88. The van der Waals surface area contributed by atoms with Gasteiger partial charge in [0.05, 0.1) is 56.7 Å². The van der Waals surface area contributed by atoms with E-state index in [0.29, 0.717) is 33.8 Å². The average Bonchev–Trinajstić information content (AvgIpc) is 3.09. The van der Waals surface area contributed by atoms with E-state index in [0.717, 1.165) is 0 Å². The summed E-state index contributed by atoms with van der Waals surface area (Å²) in [5, 5.41) is 15.0. The van der Waals surface area contributed by atoms with Gasteiger partial charge in [0.25, 0.3) is 5.91 Å². The molecular weight excluding hydrogens is 418 g/mol. The summed E-state index contributed by atoms with van der Waals surface area (Å²) in [6.07, 6.45) is 1.40. The predicted octanol–water partition coefficient (Wildman–Crippen LogP) is 1.24. The Morgan fingerprint density at radius 3 is 2.73 bits per heavy atom. The van der Waals surface area contributed by atoms with E-state index in [1.54, 1.807) is 37.3 Å². The van der Waals surface area contributed by atoms with Crippen LogP contribution >= 0.6 is 0 Å². The molecule has 0 aliphatic carbocycles. The van der Waals surface area contributed by atoms with Crippen LogP contribution < -0.4 is 15.5 Å². The van der Waals surface area contributed by atoms with Gasteiger partial charge >= 0.3 is 0 Å². The van der Waals surface area contributed by atoms with Crippen molar-refractivity contribution in [3.05, 3.63) is 76.5 Å². The number of aryl methyl sites for hydroxylation is 1. The van der Waals surface area contributed by atoms with Crippen molar-refractivity contribution in [2.45, 2.75) is 30.9 Å². The van der Waals surface area contributed by atoms with Crippen molar-refractivity contribution >= 4 is 46.6 Å². The maximum absolute atomic E-state index is 14.1. The third kappa shape index (κ3) is 3.47. The zero-order chi connectivity index (χ0) is 23.5. The van der Waals surface area contributed by atoms with E-state index in [-0.39, 0.29) is 30.4 Å². The first-order chi connectivity index (χ1) is 15.6. The number of carbonyl (C=O) groups excluding carboxylic acids is 1. The van der Waals surface area contributed by atoms with Gasteiger partial charge in [0, 0.05) is 12.1 Å². The lowest BCUT2D eigenvalue weighted by atomic mass is 9.52. The lowest BCUT2D eigenvalue weighted by molar-refractivity contribution is 0.0965. The summed E-state index contributed by atoms with van der Waals surface area (Å²) in [7, 11) is 19.4. The van der Waals surface area contributed by atoms with Crippen molar-refractivity contribution in [1.82, 2.24) is 15.3 Å². The highest BCUT2D eigenvalue weighted by molar-refractivity contribution is 6.42. The minimum absolute atomic E-state index is 0.0894. The number of para-hydroxylation sites is 1. The molecule has 0 bridgehead atoms. The molecule has 0 saturated carbocycles. The first-order valence-corrected chi connectivity index (χ1v) is 10.3. The van der Waals surface area contributed by atoms with Crippen molar-refractivity contribution in [2.75, 3.05) is 10.2 Å². The van der Waals surface area contributed by atoms with Gasteiger partial charge in [0.1, 0.15) is 19.5 Å². The van der Waals surface area contributed by atoms with Crippen LogP contribution in [0.1, 0.15) is 32.9 Å². The summed E-state index contributed by atoms with van der Waals surface area (Å²) in [6.45, 7) is 1.97. The molecule has 0 fully saturated rings. The van der Waals surface area contributed by atoms with Crippen LogP contribution in [0.4, 0.5) is 21.6 Å². The lowest BCUT2D eigenvalue weighted by Crippen LogP contribution is -2.66. The van der Waals surface area contributed by atoms with Crippen molar-refractivity contribution in [2.24, 2.45) is 0 Å². The van der Waals surface area contributed by atoms with E-state index >= 15 is 0 Å². The van der Waals surface area contributed by atoms with E-state index in [2.05, 4.69) is 20.6 Å². The molecule has 1 aromatic carbocycles. The van der Waals surface area contributed by atoms with Gasteiger partial charge in [-0.25, -0.2) is 9.37 Å². The van der Waals surface area contributed by atoms with Gasteiger partial charge in [-0.05, 0) is 47.7 Å². The molecule has 4 heterocycles. The number of hydrogen-bond donors (Lipinski definition) is 3. The van der Waals surface area contributed by atoms with E-state index in [1.807, 2.05) is 0 Å². The Balaban J connectivity index is 1.60. The second-order valence-electron chi connectivity index (χ2n) is 8.34. The van der Waals surface area contributed by atoms with Crippen LogP contribution in [0.5, 0.6) is 0 Å². The Morgan fingerprint density at radius 1 is 1.21 bits per heavy atom. The summed E-state index contributed by atoms with van der Waals surface area (Å²) in [5.74, 6) is -0.404. The number of amides is 1. The molecule has 158 valence electrons. The molecule has 1 unspecified atom stereocenters. The number of carbonyl (C=O) groups is 1. The highest BCUT2D eigenvalue weighted by Gasteiger charge is 2.47. The molecule has 5 rings (SSSR count). The van der Waals surface area contributed by atoms with Crippen molar-refractivity contribution in [3.63, 3.8) is 0 Å². The lowest BCUT2D eigenvalue weighted by Gasteiger charge is -2.54. The van der Waals surface area contributed by atoms with Crippen LogP contribution in [-0.2, 0) is 18.3 Å². The maximum Gasteiger partial charge on any atom is 0.253 e. The molecule has 0 spiro atoms. The summed E-state index contributed by atoms with van der Waals surface area (Å²) in [6, 6.07) is 9.52. The van der Waals surface area contributed by atoms with Gasteiger partial charge < -0.3 is 20.6 Å². The van der Waals surface area contributed by atoms with Gasteiger partial charge in [0.2, 0.25) is 0 Å². The zero-order valence-corrected chi connectivity index (χ0v) is 17.8. The number of fused-ring (bicyclic) bond motifs is 2. The van der Waals surface area contributed by atoms with Crippen LogP contribution in [0.2, 0.25) is 0 Å². The number of benzene rings is 1. The number of aromatic nitrogens is 2. The van der Waals surface area contributed by atoms with E-state index in [9.17, 15) is 14.3 Å². The fraction of sp³-hybridized carbons (Fsp3) is 0.227. The van der Waals surface area contributed by atoms with Gasteiger partial charge in [-0.1, -0.05) is 12.1 Å². The smallest absolute Gasteiger partial charge is 0.253 e. The first-order valence-electron chi connectivity index (χ1n) is 10.3. The fourth-order valence-electron chi connectivity index (χ4n) is 4.35. The summed E-state index contributed by atoms with van der Waals surface area (Å²) >= 11 is 0.